The van der Waals surface area contributed by atoms with E-state index in [1.807, 2.05) is 0 Å². The second-order valence-electron chi connectivity index (χ2n) is 7.30. The second-order valence-corrected chi connectivity index (χ2v) is 7.30. The summed E-state index contributed by atoms with van der Waals surface area (Å²) in [6.07, 6.45) is 2.76. The van der Waals surface area contributed by atoms with Crippen LogP contribution in [0.15, 0.2) is 54.6 Å². The molecular formula is C22H24N2. The first-order chi connectivity index (χ1) is 11.9. The Balaban J connectivity index is 1.77. The van der Waals surface area contributed by atoms with Crippen molar-refractivity contribution in [2.45, 2.75) is 18.9 Å². The van der Waals surface area contributed by atoms with Gasteiger partial charge in [-0.15, -0.1) is 0 Å². The molecule has 1 N–H and O–H groups in total. The van der Waals surface area contributed by atoms with Gasteiger partial charge in [-0.1, -0.05) is 48.5 Å². The molecule has 1 heterocycles. The molecule has 1 saturated heterocycles. The van der Waals surface area contributed by atoms with E-state index in [0.29, 0.717) is 6.04 Å². The fourth-order valence-electron chi connectivity index (χ4n) is 4.46. The van der Waals surface area contributed by atoms with Crippen LogP contribution in [0, 0.1) is 5.92 Å². The van der Waals surface area contributed by atoms with Crippen molar-refractivity contribution in [3.05, 3.63) is 60.2 Å². The third kappa shape index (κ3) is 2.42. The Hall–Kier alpha value is -1.90. The molecule has 3 aromatic rings. The number of piperazine rings is 1. The van der Waals surface area contributed by atoms with Crippen LogP contribution in [0.25, 0.3) is 21.5 Å². The molecule has 1 aliphatic heterocycles. The molecule has 0 radical (unpaired) electrons. The van der Waals surface area contributed by atoms with E-state index in [2.05, 4.69) is 64.8 Å². The third-order valence-corrected chi connectivity index (χ3v) is 5.72. The van der Waals surface area contributed by atoms with Crippen molar-refractivity contribution in [2.75, 3.05) is 26.2 Å². The van der Waals surface area contributed by atoms with E-state index in [4.69, 9.17) is 0 Å². The number of fused-ring (bicyclic) bond motifs is 2. The molecule has 3 aromatic carbocycles. The molecule has 2 aliphatic rings. The van der Waals surface area contributed by atoms with Crippen molar-refractivity contribution in [3.8, 4) is 0 Å². The molecule has 1 saturated carbocycles. The molecule has 0 spiro atoms. The molecule has 24 heavy (non-hydrogen) atoms. The zero-order valence-corrected chi connectivity index (χ0v) is 14.0. The standard InChI is InChI=1S/C22H24N2/c1-3-7-19-17(5-1)15-18-6-2-4-8-20(18)21(19)22(16-9-10-16)24-13-11-23-12-14-24/h1-8,15-16,22-23H,9-14H2/t22-/m0/s1. The molecule has 2 fully saturated rings. The highest BCUT2D eigenvalue weighted by Crippen LogP contribution is 2.48. The van der Waals surface area contributed by atoms with Gasteiger partial charge in [0.05, 0.1) is 0 Å². The first kappa shape index (κ1) is 14.4. The van der Waals surface area contributed by atoms with Crippen molar-refractivity contribution in [1.82, 2.24) is 10.2 Å². The van der Waals surface area contributed by atoms with Crippen molar-refractivity contribution in [1.29, 1.82) is 0 Å². The van der Waals surface area contributed by atoms with Crippen LogP contribution in [0.2, 0.25) is 0 Å². The van der Waals surface area contributed by atoms with Gasteiger partial charge in [-0.3, -0.25) is 4.90 Å². The van der Waals surface area contributed by atoms with Crippen LogP contribution < -0.4 is 5.32 Å². The van der Waals surface area contributed by atoms with Crippen LogP contribution in [-0.2, 0) is 0 Å². The van der Waals surface area contributed by atoms with Crippen LogP contribution in [-0.4, -0.2) is 31.1 Å². The first-order valence-corrected chi connectivity index (χ1v) is 9.27. The number of nitrogens with zero attached hydrogens (tertiary/aromatic N) is 1. The average molecular weight is 316 g/mol. The Kier molecular flexibility index (Phi) is 3.53. The van der Waals surface area contributed by atoms with Crippen molar-refractivity contribution >= 4 is 21.5 Å². The molecular weight excluding hydrogens is 292 g/mol. The number of hydrogen-bond acceptors (Lipinski definition) is 2. The quantitative estimate of drug-likeness (QED) is 0.723. The van der Waals surface area contributed by atoms with Gasteiger partial charge >= 0.3 is 0 Å². The molecule has 0 unspecified atom stereocenters. The lowest BCUT2D eigenvalue weighted by molar-refractivity contribution is 0.158. The molecule has 122 valence electrons. The molecule has 1 aliphatic carbocycles. The van der Waals surface area contributed by atoms with Gasteiger partial charge < -0.3 is 5.32 Å². The number of benzene rings is 3. The maximum atomic E-state index is 3.51. The summed E-state index contributed by atoms with van der Waals surface area (Å²) >= 11 is 0. The summed E-state index contributed by atoms with van der Waals surface area (Å²) in [5.41, 5.74) is 1.58. The lowest BCUT2D eigenvalue weighted by Crippen LogP contribution is -2.45. The molecule has 2 heteroatoms. The summed E-state index contributed by atoms with van der Waals surface area (Å²) in [5.74, 6) is 0.831. The lowest BCUT2D eigenvalue weighted by atomic mass is 9.89. The third-order valence-electron chi connectivity index (χ3n) is 5.72. The maximum Gasteiger partial charge on any atom is 0.0389 e. The van der Waals surface area contributed by atoms with Crippen LogP contribution in [0.3, 0.4) is 0 Å². The van der Waals surface area contributed by atoms with Gasteiger partial charge in [0, 0.05) is 32.2 Å². The summed E-state index contributed by atoms with van der Waals surface area (Å²) in [6, 6.07) is 20.8. The van der Waals surface area contributed by atoms with Gasteiger partial charge in [0.1, 0.15) is 0 Å². The largest absolute Gasteiger partial charge is 0.314 e. The highest BCUT2D eigenvalue weighted by Gasteiger charge is 2.38. The van der Waals surface area contributed by atoms with Crippen LogP contribution in [0.4, 0.5) is 0 Å². The van der Waals surface area contributed by atoms with Crippen LogP contribution in [0.5, 0.6) is 0 Å². The Morgan fingerprint density at radius 1 is 0.833 bits per heavy atom. The molecule has 0 bridgehead atoms. The summed E-state index contributed by atoms with van der Waals surface area (Å²) in [4.78, 5) is 2.74. The molecule has 5 rings (SSSR count). The van der Waals surface area contributed by atoms with Gasteiger partial charge in [0.15, 0.2) is 0 Å². The SMILES string of the molecule is c1ccc2c([C@H](C3CC3)N3CCNCC3)c3ccccc3cc2c1. The summed E-state index contributed by atoms with van der Waals surface area (Å²) in [7, 11) is 0. The number of nitrogens with one attached hydrogen (secondary N) is 1. The maximum absolute atomic E-state index is 3.51. The van der Waals surface area contributed by atoms with Crippen molar-refractivity contribution < 1.29 is 0 Å². The van der Waals surface area contributed by atoms with E-state index in [0.717, 1.165) is 19.0 Å². The predicted molar refractivity (Wildman–Crippen MR) is 101 cm³/mol. The summed E-state index contributed by atoms with van der Waals surface area (Å²) < 4.78 is 0. The van der Waals surface area contributed by atoms with Gasteiger partial charge in [-0.05, 0) is 51.9 Å². The lowest BCUT2D eigenvalue weighted by Gasteiger charge is -2.36. The van der Waals surface area contributed by atoms with Gasteiger partial charge in [-0.25, -0.2) is 0 Å². The minimum absolute atomic E-state index is 0.572. The number of rotatable bonds is 3. The summed E-state index contributed by atoms with van der Waals surface area (Å²) in [5, 5.41) is 9.18. The van der Waals surface area contributed by atoms with Gasteiger partial charge in [0.2, 0.25) is 0 Å². The van der Waals surface area contributed by atoms with E-state index in [-0.39, 0.29) is 0 Å². The number of hydrogen-bond donors (Lipinski definition) is 1. The fourth-order valence-corrected chi connectivity index (χ4v) is 4.46. The zero-order valence-electron chi connectivity index (χ0n) is 14.0. The van der Waals surface area contributed by atoms with Gasteiger partial charge in [0.25, 0.3) is 0 Å². The zero-order chi connectivity index (χ0) is 15.9. The van der Waals surface area contributed by atoms with Crippen LogP contribution in [0.1, 0.15) is 24.4 Å². The molecule has 0 aromatic heterocycles. The van der Waals surface area contributed by atoms with Crippen LogP contribution >= 0.6 is 0 Å². The monoisotopic (exact) mass is 316 g/mol. The minimum atomic E-state index is 0.572. The Labute approximate surface area is 143 Å². The Morgan fingerprint density at radius 2 is 1.42 bits per heavy atom. The Bertz CT molecular complexity index is 821. The summed E-state index contributed by atoms with van der Waals surface area (Å²) in [6.45, 7) is 4.56. The smallest absolute Gasteiger partial charge is 0.0389 e. The highest BCUT2D eigenvalue weighted by atomic mass is 15.2. The van der Waals surface area contributed by atoms with Crippen molar-refractivity contribution in [2.24, 2.45) is 5.92 Å². The average Bonchev–Trinajstić information content (AvgIpc) is 3.47. The highest BCUT2D eigenvalue weighted by molar-refractivity contribution is 6.02. The van der Waals surface area contributed by atoms with E-state index in [1.165, 1.54) is 47.5 Å². The minimum Gasteiger partial charge on any atom is -0.314 e. The van der Waals surface area contributed by atoms with Gasteiger partial charge in [-0.2, -0.15) is 0 Å². The Morgan fingerprint density at radius 3 is 2.00 bits per heavy atom. The van der Waals surface area contributed by atoms with E-state index >= 15 is 0 Å². The molecule has 1 atom stereocenters. The first-order valence-electron chi connectivity index (χ1n) is 9.27. The normalized spacial score (nSPS) is 20.5. The van der Waals surface area contributed by atoms with E-state index < -0.39 is 0 Å². The molecule has 2 nitrogen and oxygen atoms in total. The fraction of sp³-hybridized carbons (Fsp3) is 0.364. The molecule has 0 amide bonds. The van der Waals surface area contributed by atoms with E-state index in [9.17, 15) is 0 Å². The van der Waals surface area contributed by atoms with Crippen molar-refractivity contribution in [3.63, 3.8) is 0 Å². The second kappa shape index (κ2) is 5.87. The van der Waals surface area contributed by atoms with E-state index in [1.54, 1.807) is 5.56 Å². The topological polar surface area (TPSA) is 15.3 Å². The predicted octanol–water partition coefficient (Wildman–Crippen LogP) is 4.35.